The molecule has 0 heterocycles. The van der Waals surface area contributed by atoms with Crippen molar-refractivity contribution in [1.29, 1.82) is 0 Å². The topological polar surface area (TPSA) is 65.9 Å². The first-order valence-corrected chi connectivity index (χ1v) is 8.67. The molecule has 27 heavy (non-hydrogen) atoms. The monoisotopic (exact) mass is 487 g/mol. The van der Waals surface area contributed by atoms with Crippen molar-refractivity contribution in [2.75, 3.05) is 20.2 Å². The quantitative estimate of drug-likeness (QED) is 0.316. The van der Waals surface area contributed by atoms with Gasteiger partial charge in [-0.2, -0.15) is 0 Å². The molecule has 0 atom stereocenters. The van der Waals surface area contributed by atoms with Crippen molar-refractivity contribution in [2.24, 2.45) is 4.99 Å². The Balaban J connectivity index is 0.00000364. The lowest BCUT2D eigenvalue weighted by Gasteiger charge is -2.13. The molecule has 0 aromatic heterocycles. The number of halogens is 2. The van der Waals surface area contributed by atoms with Crippen molar-refractivity contribution in [3.8, 4) is 11.5 Å². The summed E-state index contributed by atoms with van der Waals surface area (Å²) < 4.78 is 18.3. The summed E-state index contributed by atoms with van der Waals surface area (Å²) in [5.74, 6) is 0.987. The fourth-order valence-electron chi connectivity index (χ4n) is 2.62. The molecule has 148 valence electrons. The zero-order valence-corrected chi connectivity index (χ0v) is 18.2. The molecule has 0 fully saturated rings. The maximum Gasteiger partial charge on any atom is 0.191 e. The zero-order chi connectivity index (χ0) is 18.9. The Bertz CT molecular complexity index is 769. The second-order valence-corrected chi connectivity index (χ2v) is 5.91. The number of benzene rings is 2. The van der Waals surface area contributed by atoms with Gasteiger partial charge >= 0.3 is 0 Å². The van der Waals surface area contributed by atoms with E-state index in [9.17, 15) is 9.50 Å². The summed E-state index contributed by atoms with van der Waals surface area (Å²) in [6, 6.07) is 10.2. The van der Waals surface area contributed by atoms with Crippen LogP contribution in [0.5, 0.6) is 11.5 Å². The Morgan fingerprint density at radius 2 is 1.96 bits per heavy atom. The van der Waals surface area contributed by atoms with E-state index in [2.05, 4.69) is 15.6 Å². The average molecular weight is 487 g/mol. The summed E-state index contributed by atoms with van der Waals surface area (Å²) in [5.41, 5.74) is 2.73. The first kappa shape index (κ1) is 23.0. The third-order valence-electron chi connectivity index (χ3n) is 4.05. The maximum atomic E-state index is 13.2. The van der Waals surface area contributed by atoms with E-state index in [1.54, 1.807) is 12.1 Å². The van der Waals surface area contributed by atoms with Crippen LogP contribution in [0.25, 0.3) is 0 Å². The van der Waals surface area contributed by atoms with E-state index >= 15 is 0 Å². The van der Waals surface area contributed by atoms with Crippen LogP contribution in [0.3, 0.4) is 0 Å². The predicted molar refractivity (Wildman–Crippen MR) is 118 cm³/mol. The number of ether oxygens (including phenoxy) is 1. The zero-order valence-electron chi connectivity index (χ0n) is 15.9. The fourth-order valence-corrected chi connectivity index (χ4v) is 2.62. The number of aliphatic imine (C=N–C) groups is 1. The Morgan fingerprint density at radius 1 is 1.19 bits per heavy atom. The van der Waals surface area contributed by atoms with Gasteiger partial charge in [-0.1, -0.05) is 18.2 Å². The van der Waals surface area contributed by atoms with Crippen molar-refractivity contribution in [3.05, 3.63) is 58.9 Å². The summed E-state index contributed by atoms with van der Waals surface area (Å²) in [7, 11) is 1.52. The van der Waals surface area contributed by atoms with E-state index in [1.807, 2.05) is 32.0 Å². The lowest BCUT2D eigenvalue weighted by molar-refractivity contribution is 0.370. The molecule has 0 amide bonds. The number of aryl methyl sites for hydroxylation is 1. The third kappa shape index (κ3) is 6.89. The smallest absolute Gasteiger partial charge is 0.191 e. The number of rotatable bonds is 7. The molecule has 5 nitrogen and oxygen atoms in total. The van der Waals surface area contributed by atoms with Crippen LogP contribution in [0.15, 0.2) is 41.4 Å². The predicted octanol–water partition coefficient (Wildman–Crippen LogP) is 3.76. The summed E-state index contributed by atoms with van der Waals surface area (Å²) in [5, 5.41) is 16.6. The molecule has 3 N–H and O–H groups in total. The van der Waals surface area contributed by atoms with Crippen LogP contribution in [-0.2, 0) is 13.0 Å². The van der Waals surface area contributed by atoms with Gasteiger partial charge in [0.05, 0.1) is 13.7 Å². The Morgan fingerprint density at radius 3 is 2.63 bits per heavy atom. The minimum atomic E-state index is -0.216. The number of phenolic OH excluding ortho intramolecular Hbond substituents is 1. The number of methoxy groups -OCH3 is 1. The number of nitrogens with one attached hydrogen (secondary N) is 2. The Labute approximate surface area is 177 Å². The summed E-state index contributed by atoms with van der Waals surface area (Å²) >= 11 is 0. The SMILES string of the molecule is CCNC(=NCc1cccc(OC)c1O)NCCc1ccc(F)cc1C.I. The van der Waals surface area contributed by atoms with Crippen LogP contribution < -0.4 is 15.4 Å². The number of nitrogens with zero attached hydrogens (tertiary/aromatic N) is 1. The standard InChI is InChI=1S/C20H26FN3O2.HI/c1-4-22-20(23-11-10-15-8-9-17(21)12-14(15)2)24-13-16-6-5-7-18(26-3)19(16)25;/h5-9,12,25H,4,10-11,13H2,1-3H3,(H2,22,23,24);1H. The molecule has 0 aliphatic heterocycles. The molecule has 0 saturated heterocycles. The van der Waals surface area contributed by atoms with Gasteiger partial charge < -0.3 is 20.5 Å². The lowest BCUT2D eigenvalue weighted by Crippen LogP contribution is -2.38. The number of hydrogen-bond acceptors (Lipinski definition) is 3. The van der Waals surface area contributed by atoms with Crippen molar-refractivity contribution in [2.45, 2.75) is 26.8 Å². The van der Waals surface area contributed by atoms with E-state index in [0.717, 1.165) is 24.1 Å². The molecule has 0 aliphatic rings. The van der Waals surface area contributed by atoms with E-state index in [4.69, 9.17) is 4.74 Å². The summed E-state index contributed by atoms with van der Waals surface area (Å²) in [6.07, 6.45) is 0.765. The first-order valence-electron chi connectivity index (χ1n) is 8.67. The van der Waals surface area contributed by atoms with Gasteiger partial charge in [0.15, 0.2) is 17.5 Å². The molecule has 2 rings (SSSR count). The molecule has 2 aromatic carbocycles. The molecule has 0 spiro atoms. The summed E-state index contributed by atoms with van der Waals surface area (Å²) in [6.45, 7) is 5.62. The van der Waals surface area contributed by atoms with Crippen LogP contribution in [0, 0.1) is 12.7 Å². The number of phenols is 1. The molecule has 0 saturated carbocycles. The number of hydrogen-bond donors (Lipinski definition) is 3. The van der Waals surface area contributed by atoms with Gasteiger partial charge in [-0.25, -0.2) is 9.38 Å². The van der Waals surface area contributed by atoms with Crippen molar-refractivity contribution < 1.29 is 14.2 Å². The number of aromatic hydroxyl groups is 1. The van der Waals surface area contributed by atoms with E-state index < -0.39 is 0 Å². The molecule has 7 heteroatoms. The third-order valence-corrected chi connectivity index (χ3v) is 4.05. The first-order chi connectivity index (χ1) is 12.5. The highest BCUT2D eigenvalue weighted by atomic mass is 127. The van der Waals surface area contributed by atoms with Crippen LogP contribution in [0.2, 0.25) is 0 Å². The minimum Gasteiger partial charge on any atom is -0.504 e. The Hall–Kier alpha value is -2.03. The molecular formula is C20H27FIN3O2. The van der Waals surface area contributed by atoms with Gasteiger partial charge in [0.1, 0.15) is 5.82 Å². The van der Waals surface area contributed by atoms with E-state index in [0.29, 0.717) is 30.4 Å². The average Bonchev–Trinajstić information content (AvgIpc) is 2.62. The normalized spacial score (nSPS) is 10.9. The van der Waals surface area contributed by atoms with Gasteiger partial charge in [-0.15, -0.1) is 24.0 Å². The van der Waals surface area contributed by atoms with E-state index in [-0.39, 0.29) is 35.5 Å². The largest absolute Gasteiger partial charge is 0.504 e. The second kappa shape index (κ2) is 11.6. The highest BCUT2D eigenvalue weighted by molar-refractivity contribution is 14.0. The molecule has 2 aromatic rings. The van der Waals surface area contributed by atoms with Crippen LogP contribution >= 0.6 is 24.0 Å². The molecular weight excluding hydrogens is 460 g/mol. The summed E-state index contributed by atoms with van der Waals surface area (Å²) in [4.78, 5) is 4.51. The van der Waals surface area contributed by atoms with Crippen molar-refractivity contribution in [3.63, 3.8) is 0 Å². The molecule has 0 bridgehead atoms. The molecule has 0 radical (unpaired) electrons. The van der Waals surface area contributed by atoms with Gasteiger partial charge in [0.25, 0.3) is 0 Å². The van der Waals surface area contributed by atoms with Gasteiger partial charge in [-0.05, 0) is 49.6 Å². The van der Waals surface area contributed by atoms with Crippen molar-refractivity contribution in [1.82, 2.24) is 10.6 Å². The van der Waals surface area contributed by atoms with Crippen LogP contribution in [0.1, 0.15) is 23.6 Å². The highest BCUT2D eigenvalue weighted by Gasteiger charge is 2.07. The van der Waals surface area contributed by atoms with Crippen molar-refractivity contribution >= 4 is 29.9 Å². The van der Waals surface area contributed by atoms with Gasteiger partial charge in [0.2, 0.25) is 0 Å². The Kier molecular flexibility index (Phi) is 9.92. The molecule has 0 aliphatic carbocycles. The van der Waals surface area contributed by atoms with Gasteiger partial charge in [-0.3, -0.25) is 0 Å². The molecule has 0 unspecified atom stereocenters. The number of guanidine groups is 1. The van der Waals surface area contributed by atoms with E-state index in [1.165, 1.54) is 13.2 Å². The maximum absolute atomic E-state index is 13.2. The van der Waals surface area contributed by atoms with Crippen LogP contribution in [-0.4, -0.2) is 31.3 Å². The highest BCUT2D eigenvalue weighted by Crippen LogP contribution is 2.29. The van der Waals surface area contributed by atoms with Crippen LogP contribution in [0.4, 0.5) is 4.39 Å². The number of para-hydroxylation sites is 1. The van der Waals surface area contributed by atoms with Gasteiger partial charge in [0, 0.05) is 18.7 Å². The second-order valence-electron chi connectivity index (χ2n) is 5.91. The minimum absolute atomic E-state index is 0. The lowest BCUT2D eigenvalue weighted by atomic mass is 10.1. The fraction of sp³-hybridized carbons (Fsp3) is 0.350.